The van der Waals surface area contributed by atoms with Gasteiger partial charge < -0.3 is 14.7 Å². The molecule has 1 amide bonds. The van der Waals surface area contributed by atoms with E-state index in [4.69, 9.17) is 9.84 Å². The van der Waals surface area contributed by atoms with Gasteiger partial charge >= 0.3 is 0 Å². The minimum atomic E-state index is -0.390. The summed E-state index contributed by atoms with van der Waals surface area (Å²) in [5.74, 6) is 0.0291. The highest BCUT2D eigenvalue weighted by molar-refractivity contribution is 5.80. The van der Waals surface area contributed by atoms with Gasteiger partial charge in [0.05, 0.1) is 0 Å². The van der Waals surface area contributed by atoms with Crippen LogP contribution < -0.4 is 0 Å². The Balaban J connectivity index is 4.02. The van der Waals surface area contributed by atoms with Gasteiger partial charge in [0.25, 0.3) is 5.91 Å². The molecule has 0 aliphatic rings. The summed E-state index contributed by atoms with van der Waals surface area (Å²) in [5.41, 5.74) is 0. The van der Waals surface area contributed by atoms with Crippen LogP contribution in [0, 0.1) is 0 Å². The van der Waals surface area contributed by atoms with Crippen molar-refractivity contribution in [2.75, 3.05) is 26.8 Å². The zero-order valence-corrected chi connectivity index (χ0v) is 12.2. The number of hydrogen-bond donors (Lipinski definition) is 1. The molecule has 4 heteroatoms. The molecule has 4 nitrogen and oxygen atoms in total. The van der Waals surface area contributed by atoms with E-state index in [0.717, 1.165) is 19.4 Å². The molecule has 0 aliphatic carbocycles. The van der Waals surface area contributed by atoms with Crippen molar-refractivity contribution in [1.29, 1.82) is 0 Å². The van der Waals surface area contributed by atoms with Crippen LogP contribution in [0.5, 0.6) is 0 Å². The van der Waals surface area contributed by atoms with Crippen LogP contribution in [-0.2, 0) is 9.53 Å². The molecule has 0 aromatic carbocycles. The van der Waals surface area contributed by atoms with Crippen molar-refractivity contribution in [2.24, 2.45) is 0 Å². The third-order valence-electron chi connectivity index (χ3n) is 3.13. The second-order valence-electron chi connectivity index (χ2n) is 4.69. The van der Waals surface area contributed by atoms with Crippen molar-refractivity contribution in [3.8, 4) is 0 Å². The number of rotatable bonds is 11. The molecule has 0 radical (unpaired) electrons. The summed E-state index contributed by atoms with van der Waals surface area (Å²) in [4.78, 5) is 13.8. The van der Waals surface area contributed by atoms with Gasteiger partial charge in [0.2, 0.25) is 0 Å². The first-order valence-electron chi connectivity index (χ1n) is 7.09. The predicted molar refractivity (Wildman–Crippen MR) is 73.5 cm³/mol. The smallest absolute Gasteiger partial charge is 0.251 e. The summed E-state index contributed by atoms with van der Waals surface area (Å²) in [6.45, 7) is 5.48. The van der Waals surface area contributed by atoms with Crippen molar-refractivity contribution in [2.45, 2.75) is 58.5 Å². The average molecular weight is 259 g/mol. The molecule has 0 bridgehead atoms. The van der Waals surface area contributed by atoms with Crippen LogP contribution in [0.2, 0.25) is 0 Å². The molecule has 1 N–H and O–H groups in total. The van der Waals surface area contributed by atoms with Gasteiger partial charge in [0.1, 0.15) is 6.10 Å². The maximum atomic E-state index is 12.0. The van der Waals surface area contributed by atoms with Crippen molar-refractivity contribution < 1.29 is 14.6 Å². The number of methoxy groups -OCH3 is 1. The van der Waals surface area contributed by atoms with Crippen LogP contribution in [-0.4, -0.2) is 48.8 Å². The van der Waals surface area contributed by atoms with Gasteiger partial charge in [-0.15, -0.1) is 0 Å². The third kappa shape index (κ3) is 7.67. The quantitative estimate of drug-likeness (QED) is 0.579. The first-order valence-corrected chi connectivity index (χ1v) is 7.09. The second kappa shape index (κ2) is 11.5. The van der Waals surface area contributed by atoms with Crippen molar-refractivity contribution in [3.05, 3.63) is 0 Å². The summed E-state index contributed by atoms with van der Waals surface area (Å²) in [6, 6.07) is 0. The van der Waals surface area contributed by atoms with Crippen LogP contribution in [0.4, 0.5) is 0 Å². The van der Waals surface area contributed by atoms with Crippen molar-refractivity contribution >= 4 is 5.91 Å². The van der Waals surface area contributed by atoms with E-state index in [0.29, 0.717) is 13.0 Å². The van der Waals surface area contributed by atoms with E-state index in [9.17, 15) is 4.79 Å². The van der Waals surface area contributed by atoms with Crippen LogP contribution in [0.1, 0.15) is 52.4 Å². The maximum absolute atomic E-state index is 12.0. The topological polar surface area (TPSA) is 49.8 Å². The predicted octanol–water partition coefficient (Wildman–Crippen LogP) is 2.20. The molecule has 18 heavy (non-hydrogen) atoms. The highest BCUT2D eigenvalue weighted by atomic mass is 16.5. The Labute approximate surface area is 111 Å². The minimum Gasteiger partial charge on any atom is -0.396 e. The van der Waals surface area contributed by atoms with Gasteiger partial charge in [-0.05, 0) is 19.8 Å². The van der Waals surface area contributed by atoms with E-state index in [1.54, 1.807) is 14.0 Å². The Bertz CT molecular complexity index is 209. The molecule has 108 valence electrons. The molecule has 0 fully saturated rings. The largest absolute Gasteiger partial charge is 0.396 e. The van der Waals surface area contributed by atoms with Gasteiger partial charge in [-0.3, -0.25) is 4.79 Å². The van der Waals surface area contributed by atoms with Crippen molar-refractivity contribution in [1.82, 2.24) is 4.90 Å². The molecule has 1 unspecified atom stereocenters. The standard InChI is InChI=1S/C14H29NO3/c1-4-5-6-7-8-10-15(11-9-12-16)14(17)13(2)18-3/h13,16H,4-12H2,1-3H3. The average Bonchev–Trinajstić information content (AvgIpc) is 2.40. The van der Waals surface area contributed by atoms with Gasteiger partial charge in [-0.25, -0.2) is 0 Å². The number of unbranched alkanes of at least 4 members (excludes halogenated alkanes) is 4. The van der Waals surface area contributed by atoms with Crippen LogP contribution in [0.15, 0.2) is 0 Å². The molecule has 0 rings (SSSR count). The number of carbonyl (C=O) groups is 1. The van der Waals surface area contributed by atoms with Gasteiger partial charge in [-0.1, -0.05) is 32.6 Å². The molecule has 0 heterocycles. The van der Waals surface area contributed by atoms with Crippen LogP contribution in [0.25, 0.3) is 0 Å². The minimum absolute atomic E-state index is 0.0291. The number of carbonyl (C=O) groups excluding carboxylic acids is 1. The Morgan fingerprint density at radius 3 is 2.33 bits per heavy atom. The lowest BCUT2D eigenvalue weighted by Crippen LogP contribution is -2.40. The molecular formula is C14H29NO3. The number of hydrogen-bond acceptors (Lipinski definition) is 3. The second-order valence-corrected chi connectivity index (χ2v) is 4.69. The summed E-state index contributed by atoms with van der Waals surface area (Å²) >= 11 is 0. The molecule has 0 saturated carbocycles. The first-order chi connectivity index (χ1) is 8.67. The zero-order chi connectivity index (χ0) is 13.8. The fraction of sp³-hybridized carbons (Fsp3) is 0.929. The van der Waals surface area contributed by atoms with Crippen LogP contribution in [0.3, 0.4) is 0 Å². The van der Waals surface area contributed by atoms with Gasteiger partial charge in [0.15, 0.2) is 0 Å². The molecule has 0 aromatic rings. The van der Waals surface area contributed by atoms with E-state index in [1.165, 1.54) is 19.3 Å². The fourth-order valence-electron chi connectivity index (χ4n) is 1.86. The van der Waals surface area contributed by atoms with Crippen molar-refractivity contribution in [3.63, 3.8) is 0 Å². The normalized spacial score (nSPS) is 12.4. The summed E-state index contributed by atoms with van der Waals surface area (Å²) < 4.78 is 5.06. The van der Waals surface area contributed by atoms with E-state index in [1.807, 2.05) is 4.90 Å². The number of nitrogens with zero attached hydrogens (tertiary/aromatic N) is 1. The van der Waals surface area contributed by atoms with Crippen LogP contribution >= 0.6 is 0 Å². The highest BCUT2D eigenvalue weighted by Gasteiger charge is 2.19. The lowest BCUT2D eigenvalue weighted by Gasteiger charge is -2.25. The summed E-state index contributed by atoms with van der Waals surface area (Å²) in [6.07, 6.45) is 6.17. The van der Waals surface area contributed by atoms with E-state index >= 15 is 0 Å². The SMILES string of the molecule is CCCCCCCN(CCCO)C(=O)C(C)OC. The Morgan fingerprint density at radius 2 is 1.78 bits per heavy atom. The molecule has 1 atom stereocenters. The van der Waals surface area contributed by atoms with Gasteiger partial charge in [-0.2, -0.15) is 0 Å². The molecule has 0 aliphatic heterocycles. The molecular weight excluding hydrogens is 230 g/mol. The number of amides is 1. The van der Waals surface area contributed by atoms with E-state index in [2.05, 4.69) is 6.92 Å². The number of aliphatic hydroxyl groups excluding tert-OH is 1. The Kier molecular flexibility index (Phi) is 11.1. The number of ether oxygens (including phenoxy) is 1. The fourth-order valence-corrected chi connectivity index (χ4v) is 1.86. The Hall–Kier alpha value is -0.610. The third-order valence-corrected chi connectivity index (χ3v) is 3.13. The molecule has 0 saturated heterocycles. The van der Waals surface area contributed by atoms with Gasteiger partial charge in [0, 0.05) is 26.8 Å². The van der Waals surface area contributed by atoms with E-state index in [-0.39, 0.29) is 18.6 Å². The summed E-state index contributed by atoms with van der Waals surface area (Å²) in [7, 11) is 1.55. The summed E-state index contributed by atoms with van der Waals surface area (Å²) in [5, 5.41) is 8.87. The lowest BCUT2D eigenvalue weighted by molar-refractivity contribution is -0.141. The highest BCUT2D eigenvalue weighted by Crippen LogP contribution is 2.06. The Morgan fingerprint density at radius 1 is 1.17 bits per heavy atom. The monoisotopic (exact) mass is 259 g/mol. The molecule has 0 spiro atoms. The maximum Gasteiger partial charge on any atom is 0.251 e. The number of aliphatic hydroxyl groups is 1. The zero-order valence-electron chi connectivity index (χ0n) is 12.2. The van der Waals surface area contributed by atoms with E-state index < -0.39 is 0 Å². The first kappa shape index (κ1) is 17.4. The molecule has 0 aromatic heterocycles. The lowest BCUT2D eigenvalue weighted by atomic mass is 10.1.